The van der Waals surface area contributed by atoms with E-state index in [-0.39, 0.29) is 0 Å². The molecule has 74 valence electrons. The quantitative estimate of drug-likeness (QED) is 0.795. The van der Waals surface area contributed by atoms with Crippen molar-refractivity contribution in [2.75, 3.05) is 11.9 Å². The number of fused-ring (bicyclic) bond motifs is 1. The van der Waals surface area contributed by atoms with Crippen molar-refractivity contribution in [1.29, 1.82) is 0 Å². The zero-order chi connectivity index (χ0) is 9.38. The molecule has 1 heterocycles. The molecule has 0 aromatic heterocycles. The maximum atomic E-state index is 3.40. The van der Waals surface area contributed by atoms with Crippen LogP contribution in [-0.2, 0) is 6.42 Å². The third-order valence-electron chi connectivity index (χ3n) is 3.14. The number of thioether (sulfide) groups is 1. The van der Waals surface area contributed by atoms with E-state index in [2.05, 4.69) is 35.3 Å². The predicted molar refractivity (Wildman–Crippen MR) is 62.1 cm³/mol. The average molecular weight is 205 g/mol. The number of anilines is 1. The average Bonchev–Trinajstić information content (AvgIpc) is 2.58. The van der Waals surface area contributed by atoms with E-state index in [1.165, 1.54) is 41.8 Å². The van der Waals surface area contributed by atoms with Crippen molar-refractivity contribution in [1.82, 2.24) is 0 Å². The summed E-state index contributed by atoms with van der Waals surface area (Å²) in [7, 11) is 0. The van der Waals surface area contributed by atoms with E-state index in [1.54, 1.807) is 0 Å². The Labute approximate surface area is 89.3 Å². The Morgan fingerprint density at radius 3 is 3.00 bits per heavy atom. The molecule has 2 aliphatic rings. The molecule has 2 heteroatoms. The summed E-state index contributed by atoms with van der Waals surface area (Å²) in [6, 6.07) is 6.88. The van der Waals surface area contributed by atoms with Crippen LogP contribution >= 0.6 is 11.8 Å². The van der Waals surface area contributed by atoms with Gasteiger partial charge in [-0.05, 0) is 43.0 Å². The van der Waals surface area contributed by atoms with Gasteiger partial charge >= 0.3 is 0 Å². The third kappa shape index (κ3) is 1.52. The highest BCUT2D eigenvalue weighted by molar-refractivity contribution is 8.00. The van der Waals surface area contributed by atoms with Gasteiger partial charge in [0.1, 0.15) is 0 Å². The molecule has 0 amide bonds. The summed E-state index contributed by atoms with van der Waals surface area (Å²) in [5, 5.41) is 4.30. The lowest BCUT2D eigenvalue weighted by atomic mass is 10.00. The van der Waals surface area contributed by atoms with Crippen LogP contribution in [0, 0.1) is 0 Å². The van der Waals surface area contributed by atoms with Crippen LogP contribution in [0.2, 0.25) is 0 Å². The fourth-order valence-electron chi connectivity index (χ4n) is 2.04. The fourth-order valence-corrected chi connectivity index (χ4v) is 3.35. The number of benzene rings is 1. The summed E-state index contributed by atoms with van der Waals surface area (Å²) in [5.74, 6) is 0. The van der Waals surface area contributed by atoms with Crippen molar-refractivity contribution in [2.24, 2.45) is 0 Å². The number of hydrogen-bond donors (Lipinski definition) is 1. The van der Waals surface area contributed by atoms with Crippen LogP contribution in [0.4, 0.5) is 5.69 Å². The molecule has 0 radical (unpaired) electrons. The van der Waals surface area contributed by atoms with Crippen LogP contribution in [0.25, 0.3) is 0 Å². The van der Waals surface area contributed by atoms with E-state index >= 15 is 0 Å². The molecule has 1 saturated carbocycles. The van der Waals surface area contributed by atoms with Crippen LogP contribution < -0.4 is 5.32 Å². The molecule has 1 aromatic carbocycles. The van der Waals surface area contributed by atoms with Gasteiger partial charge < -0.3 is 5.32 Å². The highest BCUT2D eigenvalue weighted by Crippen LogP contribution is 2.38. The molecule has 0 unspecified atom stereocenters. The molecule has 1 aromatic rings. The molecule has 1 fully saturated rings. The van der Waals surface area contributed by atoms with E-state index in [1.807, 2.05) is 0 Å². The molecule has 14 heavy (non-hydrogen) atoms. The molecule has 0 saturated heterocycles. The van der Waals surface area contributed by atoms with Crippen molar-refractivity contribution >= 4 is 17.4 Å². The highest BCUT2D eigenvalue weighted by Gasteiger charge is 2.19. The fraction of sp³-hybridized carbons (Fsp3) is 0.500. The molecule has 1 aliphatic carbocycles. The van der Waals surface area contributed by atoms with Gasteiger partial charge in [0, 0.05) is 22.4 Å². The second-order valence-corrected chi connectivity index (χ2v) is 5.54. The Morgan fingerprint density at radius 2 is 2.21 bits per heavy atom. The van der Waals surface area contributed by atoms with Crippen molar-refractivity contribution in [3.8, 4) is 0 Å². The van der Waals surface area contributed by atoms with E-state index in [0.29, 0.717) is 0 Å². The van der Waals surface area contributed by atoms with Crippen molar-refractivity contribution < 1.29 is 0 Å². The SMILES string of the molecule is c1cc2c(cc1SC1CCC1)CCN2. The lowest BCUT2D eigenvalue weighted by Gasteiger charge is -2.24. The minimum absolute atomic E-state index is 0.905. The smallest absolute Gasteiger partial charge is 0.0374 e. The highest BCUT2D eigenvalue weighted by atomic mass is 32.2. The van der Waals surface area contributed by atoms with Gasteiger partial charge in [-0.15, -0.1) is 11.8 Å². The minimum atomic E-state index is 0.905. The molecule has 0 spiro atoms. The molecule has 3 rings (SSSR count). The summed E-state index contributed by atoms with van der Waals surface area (Å²) in [4.78, 5) is 1.47. The first kappa shape index (κ1) is 8.66. The summed E-state index contributed by atoms with van der Waals surface area (Å²) in [6.45, 7) is 1.12. The molecular weight excluding hydrogens is 190 g/mol. The van der Waals surface area contributed by atoms with E-state index in [9.17, 15) is 0 Å². The topological polar surface area (TPSA) is 12.0 Å². The van der Waals surface area contributed by atoms with Crippen LogP contribution in [0.1, 0.15) is 24.8 Å². The Hall–Kier alpha value is -0.630. The number of nitrogens with one attached hydrogen (secondary N) is 1. The summed E-state index contributed by atoms with van der Waals surface area (Å²) >= 11 is 2.07. The third-order valence-corrected chi connectivity index (χ3v) is 4.47. The van der Waals surface area contributed by atoms with E-state index in [4.69, 9.17) is 0 Å². The Kier molecular flexibility index (Phi) is 2.17. The van der Waals surface area contributed by atoms with Crippen LogP contribution in [0.15, 0.2) is 23.1 Å². The summed E-state index contributed by atoms with van der Waals surface area (Å²) < 4.78 is 0. The first-order valence-corrected chi connectivity index (χ1v) is 6.33. The molecule has 0 bridgehead atoms. The van der Waals surface area contributed by atoms with Crippen molar-refractivity contribution in [2.45, 2.75) is 35.8 Å². The van der Waals surface area contributed by atoms with Gasteiger partial charge in [-0.25, -0.2) is 0 Å². The molecule has 1 N–H and O–H groups in total. The predicted octanol–water partition coefficient (Wildman–Crippen LogP) is 3.30. The van der Waals surface area contributed by atoms with Crippen molar-refractivity contribution in [3.63, 3.8) is 0 Å². The molecule has 0 atom stereocenters. The minimum Gasteiger partial charge on any atom is -0.384 e. The first-order chi connectivity index (χ1) is 6.92. The molecule has 1 nitrogen and oxygen atoms in total. The van der Waals surface area contributed by atoms with Gasteiger partial charge in [0.05, 0.1) is 0 Å². The van der Waals surface area contributed by atoms with Gasteiger partial charge in [0.25, 0.3) is 0 Å². The zero-order valence-corrected chi connectivity index (χ0v) is 9.07. The van der Waals surface area contributed by atoms with Crippen LogP contribution in [0.3, 0.4) is 0 Å². The van der Waals surface area contributed by atoms with E-state index < -0.39 is 0 Å². The van der Waals surface area contributed by atoms with Gasteiger partial charge in [-0.1, -0.05) is 6.42 Å². The monoisotopic (exact) mass is 205 g/mol. The van der Waals surface area contributed by atoms with Crippen LogP contribution in [-0.4, -0.2) is 11.8 Å². The second kappa shape index (κ2) is 3.50. The van der Waals surface area contributed by atoms with Crippen molar-refractivity contribution in [3.05, 3.63) is 23.8 Å². The number of hydrogen-bond acceptors (Lipinski definition) is 2. The van der Waals surface area contributed by atoms with Gasteiger partial charge in [0.2, 0.25) is 0 Å². The maximum absolute atomic E-state index is 3.40. The first-order valence-electron chi connectivity index (χ1n) is 5.45. The lowest BCUT2D eigenvalue weighted by molar-refractivity contribution is 0.522. The van der Waals surface area contributed by atoms with Gasteiger partial charge in [0.15, 0.2) is 0 Å². The zero-order valence-electron chi connectivity index (χ0n) is 8.25. The Morgan fingerprint density at radius 1 is 1.29 bits per heavy atom. The Bertz CT molecular complexity index is 344. The summed E-state index contributed by atoms with van der Waals surface area (Å²) in [6.07, 6.45) is 5.47. The van der Waals surface area contributed by atoms with Crippen LogP contribution in [0.5, 0.6) is 0 Å². The largest absolute Gasteiger partial charge is 0.384 e. The van der Waals surface area contributed by atoms with Gasteiger partial charge in [-0.3, -0.25) is 0 Å². The molecule has 1 aliphatic heterocycles. The lowest BCUT2D eigenvalue weighted by Crippen LogP contribution is -2.12. The second-order valence-electron chi connectivity index (χ2n) is 4.17. The number of rotatable bonds is 2. The normalized spacial score (nSPS) is 20.0. The Balaban J connectivity index is 1.78. The summed E-state index contributed by atoms with van der Waals surface area (Å²) in [5.41, 5.74) is 2.86. The maximum Gasteiger partial charge on any atom is 0.0374 e. The van der Waals surface area contributed by atoms with Gasteiger partial charge in [-0.2, -0.15) is 0 Å². The van der Waals surface area contributed by atoms with E-state index in [0.717, 1.165) is 11.8 Å². The standard InChI is InChI=1S/C12H15NS/c1-2-10(3-1)14-11-4-5-12-9(8-11)6-7-13-12/h4-5,8,10,13H,1-3,6-7H2. The molecular formula is C12H15NS.